The van der Waals surface area contributed by atoms with Crippen molar-refractivity contribution in [3.8, 4) is 5.75 Å². The Labute approximate surface area is 93.6 Å². The second-order valence-corrected chi connectivity index (χ2v) is 4.02. The lowest BCUT2D eigenvalue weighted by Crippen LogP contribution is -2.34. The van der Waals surface area contributed by atoms with Crippen molar-refractivity contribution in [2.75, 3.05) is 13.1 Å². The van der Waals surface area contributed by atoms with E-state index in [1.165, 1.54) is 6.39 Å². The van der Waals surface area contributed by atoms with Crippen LogP contribution in [-0.2, 0) is 0 Å². The van der Waals surface area contributed by atoms with Crippen molar-refractivity contribution in [1.29, 1.82) is 0 Å². The van der Waals surface area contributed by atoms with Crippen LogP contribution in [0.2, 0.25) is 0 Å². The van der Waals surface area contributed by atoms with E-state index in [1.54, 1.807) is 0 Å². The number of benzene rings is 1. The van der Waals surface area contributed by atoms with Crippen LogP contribution in [0.5, 0.6) is 5.75 Å². The summed E-state index contributed by atoms with van der Waals surface area (Å²) >= 11 is 0. The van der Waals surface area contributed by atoms with E-state index < -0.39 is 0 Å². The van der Waals surface area contributed by atoms with Crippen molar-refractivity contribution in [3.63, 3.8) is 0 Å². The van der Waals surface area contributed by atoms with Gasteiger partial charge in [-0.15, -0.1) is 0 Å². The molecule has 0 aliphatic carbocycles. The predicted molar refractivity (Wildman–Crippen MR) is 60.5 cm³/mol. The third kappa shape index (κ3) is 1.76. The van der Waals surface area contributed by atoms with E-state index in [-0.39, 0.29) is 0 Å². The van der Waals surface area contributed by atoms with Gasteiger partial charge in [-0.2, -0.15) is 0 Å². The molecular formula is C12H14N2O2. The summed E-state index contributed by atoms with van der Waals surface area (Å²) in [7, 11) is 0. The van der Waals surface area contributed by atoms with Gasteiger partial charge in [0, 0.05) is 0 Å². The summed E-state index contributed by atoms with van der Waals surface area (Å²) in [5.41, 5.74) is 1.60. The van der Waals surface area contributed by atoms with Crippen LogP contribution in [0.4, 0.5) is 0 Å². The van der Waals surface area contributed by atoms with Gasteiger partial charge >= 0.3 is 0 Å². The maximum Gasteiger partial charge on any atom is 0.182 e. The van der Waals surface area contributed by atoms with Crippen LogP contribution < -0.4 is 10.1 Å². The predicted octanol–water partition coefficient (Wildman–Crippen LogP) is 1.96. The van der Waals surface area contributed by atoms with Gasteiger partial charge in [0.25, 0.3) is 0 Å². The van der Waals surface area contributed by atoms with E-state index in [1.807, 2.05) is 18.2 Å². The van der Waals surface area contributed by atoms with E-state index in [9.17, 15) is 0 Å². The summed E-state index contributed by atoms with van der Waals surface area (Å²) in [5.74, 6) is 0.832. The van der Waals surface area contributed by atoms with Crippen LogP contribution in [0.15, 0.2) is 29.0 Å². The summed E-state index contributed by atoms with van der Waals surface area (Å²) < 4.78 is 11.2. The normalized spacial score (nSPS) is 17.8. The standard InChI is InChI=1S/C12H14N2O2/c1-2-10-12(14-8-15-10)11(3-1)16-9-4-6-13-7-5-9/h1-3,8-9,13H,4-7H2. The summed E-state index contributed by atoms with van der Waals surface area (Å²) in [4.78, 5) is 4.18. The number of hydrogen-bond donors (Lipinski definition) is 1. The van der Waals surface area contributed by atoms with Gasteiger partial charge in [-0.3, -0.25) is 0 Å². The number of fused-ring (bicyclic) bond motifs is 1. The molecule has 4 heteroatoms. The molecule has 1 aromatic carbocycles. The summed E-state index contributed by atoms with van der Waals surface area (Å²) in [5, 5.41) is 3.32. The van der Waals surface area contributed by atoms with Gasteiger partial charge in [0.05, 0.1) is 0 Å². The molecule has 3 rings (SSSR count). The molecule has 2 aromatic rings. The van der Waals surface area contributed by atoms with Crippen LogP contribution in [0.25, 0.3) is 11.1 Å². The molecule has 4 nitrogen and oxygen atoms in total. The molecular weight excluding hydrogens is 204 g/mol. The first kappa shape index (κ1) is 9.66. The first-order valence-corrected chi connectivity index (χ1v) is 5.63. The Morgan fingerprint density at radius 2 is 2.19 bits per heavy atom. The molecule has 0 radical (unpaired) electrons. The Bertz CT molecular complexity index is 475. The van der Waals surface area contributed by atoms with E-state index in [0.717, 1.165) is 42.8 Å². The molecule has 1 saturated heterocycles. The summed E-state index contributed by atoms with van der Waals surface area (Å²) in [6.07, 6.45) is 3.85. The van der Waals surface area contributed by atoms with Crippen LogP contribution in [0, 0.1) is 0 Å². The average Bonchev–Trinajstić information content (AvgIpc) is 2.80. The smallest absolute Gasteiger partial charge is 0.182 e. The molecule has 1 aromatic heterocycles. The molecule has 1 aliphatic heterocycles. The number of rotatable bonds is 2. The van der Waals surface area contributed by atoms with Gasteiger partial charge in [0.1, 0.15) is 11.9 Å². The third-order valence-corrected chi connectivity index (χ3v) is 2.90. The Morgan fingerprint density at radius 1 is 1.31 bits per heavy atom. The molecule has 0 unspecified atom stereocenters. The van der Waals surface area contributed by atoms with Crippen LogP contribution >= 0.6 is 0 Å². The van der Waals surface area contributed by atoms with Crippen molar-refractivity contribution < 1.29 is 9.15 Å². The fourth-order valence-corrected chi connectivity index (χ4v) is 2.05. The number of aromatic nitrogens is 1. The monoisotopic (exact) mass is 218 g/mol. The Morgan fingerprint density at radius 3 is 3.06 bits per heavy atom. The van der Waals surface area contributed by atoms with Crippen molar-refractivity contribution in [2.24, 2.45) is 0 Å². The number of ether oxygens (including phenoxy) is 1. The highest BCUT2D eigenvalue weighted by molar-refractivity contribution is 5.79. The van der Waals surface area contributed by atoms with Gasteiger partial charge < -0.3 is 14.5 Å². The number of para-hydroxylation sites is 1. The zero-order valence-corrected chi connectivity index (χ0v) is 8.98. The molecule has 0 atom stereocenters. The lowest BCUT2D eigenvalue weighted by Gasteiger charge is -2.23. The maximum atomic E-state index is 5.96. The Balaban J connectivity index is 1.85. The first-order chi connectivity index (χ1) is 7.93. The number of nitrogens with zero attached hydrogens (tertiary/aromatic N) is 1. The van der Waals surface area contributed by atoms with Crippen LogP contribution in [0.3, 0.4) is 0 Å². The molecule has 0 saturated carbocycles. The van der Waals surface area contributed by atoms with Crippen molar-refractivity contribution >= 4 is 11.1 Å². The second kappa shape index (κ2) is 4.14. The maximum absolute atomic E-state index is 5.96. The molecule has 0 amide bonds. The van der Waals surface area contributed by atoms with Gasteiger partial charge in [-0.25, -0.2) is 4.98 Å². The molecule has 0 spiro atoms. The number of piperidine rings is 1. The second-order valence-electron chi connectivity index (χ2n) is 4.02. The highest BCUT2D eigenvalue weighted by atomic mass is 16.5. The van der Waals surface area contributed by atoms with Crippen LogP contribution in [0.1, 0.15) is 12.8 Å². The van der Waals surface area contributed by atoms with Gasteiger partial charge in [-0.05, 0) is 38.1 Å². The first-order valence-electron chi connectivity index (χ1n) is 5.63. The highest BCUT2D eigenvalue weighted by Gasteiger charge is 2.16. The number of nitrogens with one attached hydrogen (secondary N) is 1. The van der Waals surface area contributed by atoms with Crippen molar-refractivity contribution in [3.05, 3.63) is 24.6 Å². The van der Waals surface area contributed by atoms with Crippen LogP contribution in [-0.4, -0.2) is 24.2 Å². The average molecular weight is 218 g/mol. The lowest BCUT2D eigenvalue weighted by atomic mass is 10.1. The molecule has 0 bridgehead atoms. The fourth-order valence-electron chi connectivity index (χ4n) is 2.05. The third-order valence-electron chi connectivity index (χ3n) is 2.90. The summed E-state index contributed by atoms with van der Waals surface area (Å²) in [6, 6.07) is 5.79. The van der Waals surface area contributed by atoms with Gasteiger partial charge in [0.2, 0.25) is 0 Å². The van der Waals surface area contributed by atoms with Gasteiger partial charge in [-0.1, -0.05) is 6.07 Å². The van der Waals surface area contributed by atoms with E-state index in [2.05, 4.69) is 10.3 Å². The lowest BCUT2D eigenvalue weighted by molar-refractivity contribution is 0.164. The minimum atomic E-state index is 0.295. The Hall–Kier alpha value is -1.55. The van der Waals surface area contributed by atoms with E-state index in [0.29, 0.717) is 6.10 Å². The fraction of sp³-hybridized carbons (Fsp3) is 0.417. The molecule has 1 aliphatic rings. The molecule has 16 heavy (non-hydrogen) atoms. The largest absolute Gasteiger partial charge is 0.488 e. The minimum absolute atomic E-state index is 0.295. The molecule has 1 N–H and O–H groups in total. The number of hydrogen-bond acceptors (Lipinski definition) is 4. The minimum Gasteiger partial charge on any atom is -0.488 e. The molecule has 84 valence electrons. The summed E-state index contributed by atoms with van der Waals surface area (Å²) in [6.45, 7) is 2.05. The van der Waals surface area contributed by atoms with Crippen molar-refractivity contribution in [1.82, 2.24) is 10.3 Å². The van der Waals surface area contributed by atoms with Gasteiger partial charge in [0.15, 0.2) is 17.5 Å². The molecule has 2 heterocycles. The Kier molecular flexibility index (Phi) is 2.50. The zero-order chi connectivity index (χ0) is 10.8. The van der Waals surface area contributed by atoms with E-state index in [4.69, 9.17) is 9.15 Å². The molecule has 1 fully saturated rings. The van der Waals surface area contributed by atoms with Crippen molar-refractivity contribution in [2.45, 2.75) is 18.9 Å². The zero-order valence-electron chi connectivity index (χ0n) is 8.98. The topological polar surface area (TPSA) is 47.3 Å². The van der Waals surface area contributed by atoms with E-state index >= 15 is 0 Å². The quantitative estimate of drug-likeness (QED) is 0.837. The highest BCUT2D eigenvalue weighted by Crippen LogP contribution is 2.26. The SMILES string of the molecule is c1cc(OC2CCNCC2)c2ncoc2c1. The number of oxazole rings is 1.